The number of carbonyl (C=O) groups is 2. The molecule has 1 N–H and O–H groups in total. The van der Waals surface area contributed by atoms with Crippen LogP contribution in [-0.2, 0) is 14.3 Å². The van der Waals surface area contributed by atoms with Crippen LogP contribution in [0, 0.1) is 28.6 Å². The fraction of sp³-hybridized carbons (Fsp3) is 0.920. The molecule has 0 aliphatic heterocycles. The minimum atomic E-state index is -0.625. The summed E-state index contributed by atoms with van der Waals surface area (Å²) in [7, 11) is 1.45. The fourth-order valence-corrected chi connectivity index (χ4v) is 7.51. The van der Waals surface area contributed by atoms with Crippen molar-refractivity contribution >= 4 is 11.8 Å². The number of Topliss-reactive ketones (excluding diaryl/α,β-unsaturated/α-hetero) is 1. The van der Waals surface area contributed by atoms with Crippen molar-refractivity contribution in [2.75, 3.05) is 7.11 Å². The third kappa shape index (κ3) is 4.43. The average molecular weight is 407 g/mol. The molecule has 0 radical (unpaired) electrons. The maximum absolute atomic E-state index is 12.7. The molecule has 0 unspecified atom stereocenters. The van der Waals surface area contributed by atoms with Crippen LogP contribution < -0.4 is 0 Å². The zero-order valence-corrected chi connectivity index (χ0v) is 19.1. The van der Waals surface area contributed by atoms with Crippen LogP contribution in [0.15, 0.2) is 0 Å². The molecule has 29 heavy (non-hydrogen) atoms. The van der Waals surface area contributed by atoms with Crippen molar-refractivity contribution in [2.45, 2.75) is 110 Å². The number of fused-ring (bicyclic) bond motifs is 3. The molecular formula is C25H42O4. The number of esters is 1. The van der Waals surface area contributed by atoms with E-state index in [0.717, 1.165) is 77.0 Å². The highest BCUT2D eigenvalue weighted by atomic mass is 16.5. The second kappa shape index (κ2) is 8.69. The lowest BCUT2D eigenvalue weighted by Crippen LogP contribution is -2.55. The summed E-state index contributed by atoms with van der Waals surface area (Å²) in [6.07, 6.45) is 12.0. The molecule has 6 atom stereocenters. The lowest BCUT2D eigenvalue weighted by Gasteiger charge is -2.59. The lowest BCUT2D eigenvalue weighted by molar-refractivity contribution is -0.158. The van der Waals surface area contributed by atoms with E-state index < -0.39 is 5.60 Å². The van der Waals surface area contributed by atoms with E-state index in [2.05, 4.69) is 20.8 Å². The van der Waals surface area contributed by atoms with Crippen molar-refractivity contribution in [1.82, 2.24) is 0 Å². The summed E-state index contributed by atoms with van der Waals surface area (Å²) in [5.74, 6) is 1.72. The normalized spacial score (nSPS) is 41.7. The van der Waals surface area contributed by atoms with Gasteiger partial charge in [0.2, 0.25) is 0 Å². The Morgan fingerprint density at radius 3 is 2.59 bits per heavy atom. The minimum Gasteiger partial charge on any atom is -0.469 e. The molecule has 0 spiro atoms. The fourth-order valence-electron chi connectivity index (χ4n) is 7.51. The summed E-state index contributed by atoms with van der Waals surface area (Å²) < 4.78 is 4.84. The van der Waals surface area contributed by atoms with Crippen molar-refractivity contribution in [3.8, 4) is 0 Å². The van der Waals surface area contributed by atoms with Gasteiger partial charge in [0.15, 0.2) is 0 Å². The zero-order valence-electron chi connectivity index (χ0n) is 19.1. The maximum atomic E-state index is 12.7. The molecule has 0 aromatic heterocycles. The number of hydrogen-bond acceptors (Lipinski definition) is 4. The number of aliphatic hydroxyl groups is 1. The van der Waals surface area contributed by atoms with Gasteiger partial charge in [-0.1, -0.05) is 40.0 Å². The third-order valence-electron chi connectivity index (χ3n) is 8.99. The predicted molar refractivity (Wildman–Crippen MR) is 114 cm³/mol. The molecule has 0 heterocycles. The molecule has 3 fully saturated rings. The van der Waals surface area contributed by atoms with Crippen LogP contribution in [0.2, 0.25) is 0 Å². The Kier molecular flexibility index (Phi) is 6.82. The number of ketones is 1. The molecule has 3 aliphatic carbocycles. The molecular weight excluding hydrogens is 364 g/mol. The van der Waals surface area contributed by atoms with Crippen molar-refractivity contribution in [1.29, 1.82) is 0 Å². The van der Waals surface area contributed by atoms with E-state index >= 15 is 0 Å². The summed E-state index contributed by atoms with van der Waals surface area (Å²) in [5, 5.41) is 11.7. The van der Waals surface area contributed by atoms with Gasteiger partial charge in [-0.25, -0.2) is 0 Å². The molecule has 0 aromatic carbocycles. The first-order valence-electron chi connectivity index (χ1n) is 12.0. The minimum absolute atomic E-state index is 0.0326. The van der Waals surface area contributed by atoms with Crippen molar-refractivity contribution < 1.29 is 19.4 Å². The highest BCUT2D eigenvalue weighted by molar-refractivity contribution is 5.87. The summed E-state index contributed by atoms with van der Waals surface area (Å²) in [6.45, 7) is 6.75. The van der Waals surface area contributed by atoms with Gasteiger partial charge in [0.25, 0.3) is 0 Å². The van der Waals surface area contributed by atoms with Gasteiger partial charge in [-0.3, -0.25) is 9.59 Å². The summed E-state index contributed by atoms with van der Waals surface area (Å²) in [4.78, 5) is 24.4. The Hall–Kier alpha value is -0.900. The van der Waals surface area contributed by atoms with Crippen LogP contribution >= 0.6 is 0 Å². The molecule has 0 saturated heterocycles. The second-order valence-electron chi connectivity index (χ2n) is 10.9. The summed E-state index contributed by atoms with van der Waals surface area (Å²) in [6, 6.07) is 0. The Morgan fingerprint density at radius 2 is 1.90 bits per heavy atom. The summed E-state index contributed by atoms with van der Waals surface area (Å²) in [5.41, 5.74) is -0.763. The van der Waals surface area contributed by atoms with E-state index in [-0.39, 0.29) is 16.8 Å². The monoisotopic (exact) mass is 406 g/mol. The van der Waals surface area contributed by atoms with Gasteiger partial charge >= 0.3 is 5.97 Å². The Labute approximate surface area is 177 Å². The molecule has 3 aliphatic rings. The maximum Gasteiger partial charge on any atom is 0.305 e. The largest absolute Gasteiger partial charge is 0.469 e. The van der Waals surface area contributed by atoms with Gasteiger partial charge in [-0.2, -0.15) is 0 Å². The van der Waals surface area contributed by atoms with Gasteiger partial charge < -0.3 is 9.84 Å². The van der Waals surface area contributed by atoms with Crippen molar-refractivity contribution in [2.24, 2.45) is 28.6 Å². The molecule has 0 bridgehead atoms. The quantitative estimate of drug-likeness (QED) is 0.430. The van der Waals surface area contributed by atoms with E-state index in [1.54, 1.807) is 0 Å². The van der Waals surface area contributed by atoms with Gasteiger partial charge in [-0.15, -0.1) is 0 Å². The van der Waals surface area contributed by atoms with E-state index in [1.807, 2.05) is 0 Å². The Morgan fingerprint density at radius 1 is 1.14 bits per heavy atom. The van der Waals surface area contributed by atoms with E-state index in [0.29, 0.717) is 30.0 Å². The second-order valence-corrected chi connectivity index (χ2v) is 10.9. The predicted octanol–water partition coefficient (Wildman–Crippen LogP) is 5.45. The van der Waals surface area contributed by atoms with Gasteiger partial charge in [0.1, 0.15) is 5.78 Å². The molecule has 3 saturated carbocycles. The van der Waals surface area contributed by atoms with Crippen LogP contribution in [0.3, 0.4) is 0 Å². The van der Waals surface area contributed by atoms with Crippen LogP contribution in [0.1, 0.15) is 104 Å². The average Bonchev–Trinajstić information content (AvgIpc) is 2.97. The van der Waals surface area contributed by atoms with E-state index in [1.165, 1.54) is 7.11 Å². The van der Waals surface area contributed by atoms with Crippen LogP contribution in [0.25, 0.3) is 0 Å². The Bertz CT molecular complexity index is 616. The molecule has 0 amide bonds. The smallest absolute Gasteiger partial charge is 0.305 e. The van der Waals surface area contributed by atoms with Crippen LogP contribution in [-0.4, -0.2) is 29.6 Å². The van der Waals surface area contributed by atoms with E-state index in [4.69, 9.17) is 4.74 Å². The summed E-state index contributed by atoms with van der Waals surface area (Å²) >= 11 is 0. The number of unbranched alkanes of at least 4 members (excludes halogenated alkanes) is 2. The number of ether oxygens (including phenoxy) is 1. The van der Waals surface area contributed by atoms with Crippen molar-refractivity contribution in [3.63, 3.8) is 0 Å². The molecule has 3 rings (SSSR count). The SMILES string of the molecule is CCCCC[C@]1(O)C[C@@H]2[C@H](CC[C@]3(C)C(=O)CC[C@@H]23)[C@@](C)(CCCC(=O)OC)C1. The molecule has 0 aromatic rings. The number of methoxy groups -OCH3 is 1. The molecule has 4 heteroatoms. The van der Waals surface area contributed by atoms with Gasteiger partial charge in [0.05, 0.1) is 12.7 Å². The highest BCUT2D eigenvalue weighted by Gasteiger charge is 2.60. The number of hydrogen-bond donors (Lipinski definition) is 1. The van der Waals surface area contributed by atoms with Crippen molar-refractivity contribution in [3.05, 3.63) is 0 Å². The number of rotatable bonds is 8. The molecule has 166 valence electrons. The van der Waals surface area contributed by atoms with Gasteiger partial charge in [-0.05, 0) is 74.5 Å². The van der Waals surface area contributed by atoms with Gasteiger partial charge in [0, 0.05) is 18.3 Å². The third-order valence-corrected chi connectivity index (χ3v) is 8.99. The first-order valence-corrected chi connectivity index (χ1v) is 12.0. The first-order chi connectivity index (χ1) is 13.7. The lowest BCUT2D eigenvalue weighted by atomic mass is 9.46. The van der Waals surface area contributed by atoms with E-state index in [9.17, 15) is 14.7 Å². The zero-order chi connectivity index (χ0) is 21.3. The van der Waals surface area contributed by atoms with Crippen LogP contribution in [0.4, 0.5) is 0 Å². The highest BCUT2D eigenvalue weighted by Crippen LogP contribution is 2.64. The number of carbonyl (C=O) groups excluding carboxylic acids is 2. The molecule has 4 nitrogen and oxygen atoms in total. The Balaban J connectivity index is 1.83. The standard InChI is InChI=1S/C25H42O4/c1-5-6-7-14-25(28)16-18-19(12-15-24(3)20(18)10-11-21(24)26)23(2,17-25)13-8-9-22(27)29-4/h18-20,28H,5-17H2,1-4H3/t18-,19+,20+,23+,24+,25+/m1/s1. The van der Waals surface area contributed by atoms with Crippen LogP contribution in [0.5, 0.6) is 0 Å². The first kappa shape index (κ1) is 22.8. The topological polar surface area (TPSA) is 63.6 Å².